The molecule has 1 saturated heterocycles. The lowest BCUT2D eigenvalue weighted by molar-refractivity contribution is -0.713. The maximum Gasteiger partial charge on any atom is 0.296 e. The molecule has 2 heterocycles. The summed E-state index contributed by atoms with van der Waals surface area (Å²) in [4.78, 5) is 24.7. The van der Waals surface area contributed by atoms with E-state index < -0.39 is 29.7 Å². The molecule has 0 spiro atoms. The first kappa shape index (κ1) is 16.7. The van der Waals surface area contributed by atoms with Gasteiger partial charge in [0.25, 0.3) is 5.91 Å². The lowest BCUT2D eigenvalue weighted by Gasteiger charge is -2.30. The Bertz CT molecular complexity index is 812. The molecule has 0 radical (unpaired) electrons. The highest BCUT2D eigenvalue weighted by Gasteiger charge is 2.50. The lowest BCUT2D eigenvalue weighted by Crippen LogP contribution is -2.59. The van der Waals surface area contributed by atoms with E-state index in [1.54, 1.807) is 41.2 Å². The highest BCUT2D eigenvalue weighted by Crippen LogP contribution is 2.36. The molecule has 0 aliphatic carbocycles. The molecule has 2 aromatic rings. The quantitative estimate of drug-likeness (QED) is 0.677. The predicted octanol–water partition coefficient (Wildman–Crippen LogP) is 1.49. The summed E-state index contributed by atoms with van der Waals surface area (Å²) in [6.07, 6.45) is 3.52. The minimum Gasteiger partial charge on any atom is -0.494 e. The van der Waals surface area contributed by atoms with Crippen LogP contribution in [0.15, 0.2) is 54.9 Å². The second-order valence-electron chi connectivity index (χ2n) is 5.76. The van der Waals surface area contributed by atoms with Gasteiger partial charge >= 0.3 is 0 Å². The van der Waals surface area contributed by atoms with E-state index in [-0.39, 0.29) is 0 Å². The molecule has 3 atom stereocenters. The zero-order valence-corrected chi connectivity index (χ0v) is 13.8. The molecule has 0 unspecified atom stereocenters. The number of ether oxygens (including phenoxy) is 1. The van der Waals surface area contributed by atoms with Crippen LogP contribution in [0, 0.1) is 17.2 Å². The number of carbonyl (C=O) groups is 2. The molecule has 1 N–H and O–H groups in total. The summed E-state index contributed by atoms with van der Waals surface area (Å²) in [5, 5.41) is 11.8. The van der Waals surface area contributed by atoms with Crippen LogP contribution < -0.4 is 14.6 Å². The normalized spacial score (nSPS) is 22.8. The number of rotatable bonds is 4. The molecule has 1 aliphatic rings. The second kappa shape index (κ2) is 7.14. The third-order valence-electron chi connectivity index (χ3n) is 4.27. The minimum absolute atomic E-state index is 0.411. The van der Waals surface area contributed by atoms with E-state index in [0.29, 0.717) is 12.4 Å². The third kappa shape index (κ3) is 3.22. The van der Waals surface area contributed by atoms with Gasteiger partial charge in [0.2, 0.25) is 11.9 Å². The fourth-order valence-corrected chi connectivity index (χ4v) is 3.17. The van der Waals surface area contributed by atoms with Gasteiger partial charge in [-0.15, -0.1) is 0 Å². The number of amides is 2. The Morgan fingerprint density at radius 3 is 2.40 bits per heavy atom. The number of nitriles is 1. The van der Waals surface area contributed by atoms with Gasteiger partial charge in [-0.2, -0.15) is 9.83 Å². The number of carbonyl (C=O) groups excluding carboxylic acids is 2. The molecule has 126 valence electrons. The zero-order valence-electron chi connectivity index (χ0n) is 13.8. The molecule has 6 heteroatoms. The van der Waals surface area contributed by atoms with Crippen molar-refractivity contribution in [2.45, 2.75) is 18.9 Å². The van der Waals surface area contributed by atoms with Gasteiger partial charge in [-0.3, -0.25) is 14.9 Å². The van der Waals surface area contributed by atoms with Gasteiger partial charge in [-0.25, -0.2) is 0 Å². The lowest BCUT2D eigenvalue weighted by atomic mass is 9.77. The summed E-state index contributed by atoms with van der Waals surface area (Å²) in [6.45, 7) is 2.44. The first-order valence-electron chi connectivity index (χ1n) is 8.08. The van der Waals surface area contributed by atoms with Gasteiger partial charge < -0.3 is 4.74 Å². The molecule has 3 rings (SSSR count). The van der Waals surface area contributed by atoms with Crippen LogP contribution in [0.2, 0.25) is 0 Å². The van der Waals surface area contributed by atoms with E-state index in [1.165, 1.54) is 0 Å². The van der Waals surface area contributed by atoms with E-state index in [0.717, 1.165) is 5.56 Å². The predicted molar refractivity (Wildman–Crippen MR) is 88.3 cm³/mol. The molecule has 1 aromatic heterocycles. The summed E-state index contributed by atoms with van der Waals surface area (Å²) in [5.74, 6) is -1.79. The van der Waals surface area contributed by atoms with Crippen LogP contribution in [-0.4, -0.2) is 18.4 Å². The summed E-state index contributed by atoms with van der Waals surface area (Å²) in [6, 6.07) is 14.0. The monoisotopic (exact) mass is 336 g/mol. The summed E-state index contributed by atoms with van der Waals surface area (Å²) in [5.41, 5.74) is 0.750. The average molecular weight is 336 g/mol. The molecule has 0 bridgehead atoms. The number of nitrogens with zero attached hydrogens (tertiary/aromatic N) is 2. The van der Waals surface area contributed by atoms with Gasteiger partial charge in [-0.1, -0.05) is 18.2 Å². The van der Waals surface area contributed by atoms with Crippen LogP contribution >= 0.6 is 0 Å². The zero-order chi connectivity index (χ0) is 17.8. The van der Waals surface area contributed by atoms with Crippen molar-refractivity contribution in [3.8, 4) is 11.8 Å². The Labute approximate surface area is 145 Å². The van der Waals surface area contributed by atoms with Crippen LogP contribution in [0.5, 0.6) is 5.75 Å². The van der Waals surface area contributed by atoms with Gasteiger partial charge in [0.05, 0.1) is 18.6 Å². The van der Waals surface area contributed by atoms with Crippen molar-refractivity contribution < 1.29 is 18.9 Å². The minimum atomic E-state index is -0.951. The van der Waals surface area contributed by atoms with Gasteiger partial charge in [0.15, 0.2) is 12.4 Å². The SMILES string of the molecule is CCOc1ccc([C@@H]2[C@@H](C#N)C(=O)NC(=O)[C@@H]2[n+]2ccccc2)cc1. The average Bonchev–Trinajstić information content (AvgIpc) is 2.63. The van der Waals surface area contributed by atoms with Crippen molar-refractivity contribution in [3.05, 3.63) is 60.4 Å². The van der Waals surface area contributed by atoms with Crippen molar-refractivity contribution in [1.82, 2.24) is 5.32 Å². The standard InChI is InChI=1S/C19H17N3O3/c1-2-25-14-8-6-13(7-9-14)16-15(12-20)18(23)21-19(24)17(16)22-10-4-3-5-11-22/h3-11,15-17H,2H2,1H3/p+1/t15-,16-,17-/m1/s1. The van der Waals surface area contributed by atoms with Gasteiger partial charge in [-0.05, 0) is 24.6 Å². The largest absolute Gasteiger partial charge is 0.494 e. The second-order valence-corrected chi connectivity index (χ2v) is 5.76. The highest BCUT2D eigenvalue weighted by atomic mass is 16.5. The van der Waals surface area contributed by atoms with E-state index in [4.69, 9.17) is 4.74 Å². The molecule has 1 aromatic carbocycles. The molecular formula is C19H18N3O3+. The number of piperidine rings is 1. The van der Waals surface area contributed by atoms with E-state index in [9.17, 15) is 14.9 Å². The third-order valence-corrected chi connectivity index (χ3v) is 4.27. The van der Waals surface area contributed by atoms with Crippen molar-refractivity contribution in [2.75, 3.05) is 6.61 Å². The van der Waals surface area contributed by atoms with Gasteiger partial charge in [0, 0.05) is 12.1 Å². The van der Waals surface area contributed by atoms with Crippen molar-refractivity contribution in [3.63, 3.8) is 0 Å². The van der Waals surface area contributed by atoms with E-state index in [1.807, 2.05) is 25.1 Å². The Morgan fingerprint density at radius 1 is 1.12 bits per heavy atom. The molecule has 25 heavy (non-hydrogen) atoms. The maximum absolute atomic E-state index is 12.5. The van der Waals surface area contributed by atoms with Crippen LogP contribution in [0.1, 0.15) is 24.4 Å². The first-order valence-corrected chi connectivity index (χ1v) is 8.08. The van der Waals surface area contributed by atoms with Crippen LogP contribution in [0.3, 0.4) is 0 Å². The molecule has 2 amide bonds. The summed E-state index contributed by atoms with van der Waals surface area (Å²) in [7, 11) is 0. The molecular weight excluding hydrogens is 318 g/mol. The summed E-state index contributed by atoms with van der Waals surface area (Å²) < 4.78 is 7.17. The Kier molecular flexibility index (Phi) is 4.75. The van der Waals surface area contributed by atoms with E-state index >= 15 is 0 Å². The number of pyridine rings is 1. The van der Waals surface area contributed by atoms with Gasteiger partial charge in [0.1, 0.15) is 11.7 Å². The first-order chi connectivity index (χ1) is 12.2. The molecule has 1 aliphatic heterocycles. The van der Waals surface area contributed by atoms with Crippen LogP contribution in [0.4, 0.5) is 0 Å². The number of imide groups is 1. The smallest absolute Gasteiger partial charge is 0.296 e. The summed E-state index contributed by atoms with van der Waals surface area (Å²) >= 11 is 0. The van der Waals surface area contributed by atoms with Crippen molar-refractivity contribution in [2.24, 2.45) is 5.92 Å². The topological polar surface area (TPSA) is 83.1 Å². The Morgan fingerprint density at radius 2 is 1.80 bits per heavy atom. The van der Waals surface area contributed by atoms with Crippen LogP contribution in [-0.2, 0) is 9.59 Å². The van der Waals surface area contributed by atoms with E-state index in [2.05, 4.69) is 11.4 Å². The van der Waals surface area contributed by atoms with Crippen molar-refractivity contribution in [1.29, 1.82) is 5.26 Å². The highest BCUT2D eigenvalue weighted by molar-refractivity contribution is 6.02. The molecule has 0 saturated carbocycles. The number of hydrogen-bond acceptors (Lipinski definition) is 4. The number of aromatic nitrogens is 1. The fraction of sp³-hybridized carbons (Fsp3) is 0.263. The number of nitrogens with one attached hydrogen (secondary N) is 1. The van der Waals surface area contributed by atoms with Crippen LogP contribution in [0.25, 0.3) is 0 Å². The fourth-order valence-electron chi connectivity index (χ4n) is 3.17. The number of hydrogen-bond donors (Lipinski definition) is 1. The number of benzene rings is 1. The molecule has 1 fully saturated rings. The Balaban J connectivity index is 2.06. The van der Waals surface area contributed by atoms with Crippen molar-refractivity contribution >= 4 is 11.8 Å². The molecule has 6 nitrogen and oxygen atoms in total. The maximum atomic E-state index is 12.5. The Hall–Kier alpha value is -3.20.